The van der Waals surface area contributed by atoms with Gasteiger partial charge in [-0.25, -0.2) is 18.1 Å². The number of carbonyl (C=O) groups excluding carboxylic acids is 1. The highest BCUT2D eigenvalue weighted by Gasteiger charge is 2.25. The molecule has 1 aromatic carbocycles. The lowest BCUT2D eigenvalue weighted by molar-refractivity contribution is -0.130. The molecule has 1 saturated heterocycles. The fourth-order valence-corrected chi connectivity index (χ4v) is 3.46. The van der Waals surface area contributed by atoms with Crippen molar-refractivity contribution >= 4 is 21.6 Å². The van der Waals surface area contributed by atoms with Crippen LogP contribution in [-0.4, -0.2) is 77.3 Å². The van der Waals surface area contributed by atoms with Crippen LogP contribution < -0.4 is 5.32 Å². The SMILES string of the molecule is CS(=O)(=O)N1CCN(C(=O)CNc2ccc(-n3cncn3)cc2)CC1. The Morgan fingerprint density at radius 2 is 1.84 bits per heavy atom. The number of rotatable bonds is 5. The number of anilines is 1. The molecule has 3 rings (SSSR count). The highest BCUT2D eigenvalue weighted by Crippen LogP contribution is 2.12. The molecule has 0 spiro atoms. The van der Waals surface area contributed by atoms with E-state index in [1.54, 1.807) is 15.9 Å². The summed E-state index contributed by atoms with van der Waals surface area (Å²) in [5.74, 6) is -0.0477. The van der Waals surface area contributed by atoms with Crippen LogP contribution in [0.3, 0.4) is 0 Å². The summed E-state index contributed by atoms with van der Waals surface area (Å²) >= 11 is 0. The maximum atomic E-state index is 12.3. The van der Waals surface area contributed by atoms with Gasteiger partial charge in [0.05, 0.1) is 18.5 Å². The smallest absolute Gasteiger partial charge is 0.241 e. The van der Waals surface area contributed by atoms with E-state index in [0.717, 1.165) is 11.4 Å². The van der Waals surface area contributed by atoms with E-state index in [-0.39, 0.29) is 12.5 Å². The van der Waals surface area contributed by atoms with Crippen molar-refractivity contribution in [1.82, 2.24) is 24.0 Å². The van der Waals surface area contributed by atoms with Crippen molar-refractivity contribution in [2.24, 2.45) is 0 Å². The topological polar surface area (TPSA) is 100 Å². The van der Waals surface area contributed by atoms with Gasteiger partial charge >= 0.3 is 0 Å². The van der Waals surface area contributed by atoms with Crippen LogP contribution >= 0.6 is 0 Å². The molecule has 1 aromatic heterocycles. The lowest BCUT2D eigenvalue weighted by atomic mass is 10.2. The van der Waals surface area contributed by atoms with Gasteiger partial charge in [0.25, 0.3) is 0 Å². The second-order valence-electron chi connectivity index (χ2n) is 5.78. The third-order valence-corrected chi connectivity index (χ3v) is 5.36. The molecule has 1 N–H and O–H groups in total. The number of amides is 1. The van der Waals surface area contributed by atoms with Gasteiger partial charge in [0.15, 0.2) is 0 Å². The third kappa shape index (κ3) is 4.34. The average Bonchev–Trinajstić information content (AvgIpc) is 3.14. The molecule has 0 unspecified atom stereocenters. The Hall–Kier alpha value is -2.46. The number of hydrogen-bond donors (Lipinski definition) is 1. The zero-order valence-electron chi connectivity index (χ0n) is 13.9. The van der Waals surface area contributed by atoms with E-state index in [0.29, 0.717) is 26.2 Å². The van der Waals surface area contributed by atoms with Gasteiger partial charge in [-0.1, -0.05) is 0 Å². The van der Waals surface area contributed by atoms with Crippen LogP contribution in [-0.2, 0) is 14.8 Å². The molecule has 1 fully saturated rings. The van der Waals surface area contributed by atoms with E-state index in [1.165, 1.54) is 16.9 Å². The first-order valence-corrected chi connectivity index (χ1v) is 9.70. The molecule has 0 radical (unpaired) electrons. The van der Waals surface area contributed by atoms with Crippen molar-refractivity contribution in [2.75, 3.05) is 44.3 Å². The molecule has 10 heteroatoms. The van der Waals surface area contributed by atoms with Crippen molar-refractivity contribution in [3.63, 3.8) is 0 Å². The van der Waals surface area contributed by atoms with Crippen LogP contribution in [0.25, 0.3) is 5.69 Å². The second-order valence-corrected chi connectivity index (χ2v) is 7.77. The molecule has 2 aromatic rings. The lowest BCUT2D eigenvalue weighted by Gasteiger charge is -2.33. The van der Waals surface area contributed by atoms with E-state index < -0.39 is 10.0 Å². The predicted molar refractivity (Wildman–Crippen MR) is 92.8 cm³/mol. The summed E-state index contributed by atoms with van der Waals surface area (Å²) in [6, 6.07) is 7.50. The third-order valence-electron chi connectivity index (χ3n) is 4.05. The van der Waals surface area contributed by atoms with Gasteiger partial charge in [0, 0.05) is 31.9 Å². The van der Waals surface area contributed by atoms with E-state index in [2.05, 4.69) is 15.4 Å². The number of nitrogens with one attached hydrogen (secondary N) is 1. The molecule has 1 aliphatic rings. The minimum Gasteiger partial charge on any atom is -0.376 e. The monoisotopic (exact) mass is 364 g/mol. The Morgan fingerprint density at radius 3 is 2.40 bits per heavy atom. The molecule has 134 valence electrons. The summed E-state index contributed by atoms with van der Waals surface area (Å²) in [5.41, 5.74) is 1.71. The van der Waals surface area contributed by atoms with Gasteiger partial charge < -0.3 is 10.2 Å². The van der Waals surface area contributed by atoms with Gasteiger partial charge in [-0.05, 0) is 24.3 Å². The van der Waals surface area contributed by atoms with E-state index in [9.17, 15) is 13.2 Å². The maximum Gasteiger partial charge on any atom is 0.241 e. The quantitative estimate of drug-likeness (QED) is 0.787. The second kappa shape index (κ2) is 7.19. The predicted octanol–water partition coefficient (Wildman–Crippen LogP) is -0.217. The van der Waals surface area contributed by atoms with Crippen molar-refractivity contribution < 1.29 is 13.2 Å². The number of benzene rings is 1. The summed E-state index contributed by atoms with van der Waals surface area (Å²) in [4.78, 5) is 17.8. The van der Waals surface area contributed by atoms with Crippen molar-refractivity contribution in [3.05, 3.63) is 36.9 Å². The van der Waals surface area contributed by atoms with E-state index >= 15 is 0 Å². The van der Waals surface area contributed by atoms with Crippen molar-refractivity contribution in [1.29, 1.82) is 0 Å². The lowest BCUT2D eigenvalue weighted by Crippen LogP contribution is -2.51. The first kappa shape index (κ1) is 17.4. The molecule has 9 nitrogen and oxygen atoms in total. The van der Waals surface area contributed by atoms with Crippen LogP contribution in [0.15, 0.2) is 36.9 Å². The average molecular weight is 364 g/mol. The summed E-state index contributed by atoms with van der Waals surface area (Å²) in [5, 5.41) is 7.14. The van der Waals surface area contributed by atoms with Crippen LogP contribution in [0.4, 0.5) is 5.69 Å². The zero-order chi connectivity index (χ0) is 17.9. The van der Waals surface area contributed by atoms with Gasteiger partial charge in [-0.15, -0.1) is 0 Å². The first-order chi connectivity index (χ1) is 11.9. The number of sulfonamides is 1. The minimum atomic E-state index is -3.18. The number of aromatic nitrogens is 3. The minimum absolute atomic E-state index is 0.0477. The molecular weight excluding hydrogens is 344 g/mol. The molecule has 25 heavy (non-hydrogen) atoms. The molecule has 1 aliphatic heterocycles. The normalized spacial score (nSPS) is 16.0. The van der Waals surface area contributed by atoms with Crippen LogP contribution in [0.5, 0.6) is 0 Å². The molecule has 0 saturated carbocycles. The summed E-state index contributed by atoms with van der Waals surface area (Å²) < 4.78 is 26.0. The van der Waals surface area contributed by atoms with Crippen LogP contribution in [0.2, 0.25) is 0 Å². The number of piperazine rings is 1. The largest absolute Gasteiger partial charge is 0.376 e. The van der Waals surface area contributed by atoms with E-state index in [1.807, 2.05) is 24.3 Å². The zero-order valence-corrected chi connectivity index (χ0v) is 14.7. The molecule has 1 amide bonds. The Kier molecular flexibility index (Phi) is 5.00. The van der Waals surface area contributed by atoms with Crippen molar-refractivity contribution in [2.45, 2.75) is 0 Å². The molecule has 0 aliphatic carbocycles. The fraction of sp³-hybridized carbons (Fsp3) is 0.400. The maximum absolute atomic E-state index is 12.3. The van der Waals surface area contributed by atoms with Crippen molar-refractivity contribution in [3.8, 4) is 5.69 Å². The molecule has 2 heterocycles. The van der Waals surface area contributed by atoms with Crippen LogP contribution in [0, 0.1) is 0 Å². The highest BCUT2D eigenvalue weighted by molar-refractivity contribution is 7.88. The number of carbonyl (C=O) groups is 1. The fourth-order valence-electron chi connectivity index (χ4n) is 2.63. The molecular formula is C15H20N6O3S. The Balaban J connectivity index is 1.49. The van der Waals surface area contributed by atoms with Gasteiger partial charge in [-0.2, -0.15) is 9.40 Å². The first-order valence-electron chi connectivity index (χ1n) is 7.85. The summed E-state index contributed by atoms with van der Waals surface area (Å²) in [7, 11) is -3.18. The van der Waals surface area contributed by atoms with E-state index in [4.69, 9.17) is 0 Å². The standard InChI is InChI=1S/C15H20N6O3S/c1-25(23,24)20-8-6-19(7-9-20)15(22)10-17-13-2-4-14(5-3-13)21-12-16-11-18-21/h2-5,11-12,17H,6-10H2,1H3. The van der Waals surface area contributed by atoms with Gasteiger partial charge in [0.1, 0.15) is 12.7 Å². The number of nitrogens with zero attached hydrogens (tertiary/aromatic N) is 5. The summed E-state index contributed by atoms with van der Waals surface area (Å²) in [6.07, 6.45) is 4.27. The molecule has 0 atom stereocenters. The highest BCUT2D eigenvalue weighted by atomic mass is 32.2. The number of hydrogen-bond acceptors (Lipinski definition) is 6. The van der Waals surface area contributed by atoms with Gasteiger partial charge in [0.2, 0.25) is 15.9 Å². The Labute approximate surface area is 146 Å². The van der Waals surface area contributed by atoms with Gasteiger partial charge in [-0.3, -0.25) is 4.79 Å². The molecule has 0 bridgehead atoms. The summed E-state index contributed by atoms with van der Waals surface area (Å²) in [6.45, 7) is 1.69. The Bertz CT molecular complexity index is 811. The van der Waals surface area contributed by atoms with Crippen LogP contribution in [0.1, 0.15) is 0 Å². The Morgan fingerprint density at radius 1 is 1.16 bits per heavy atom.